The summed E-state index contributed by atoms with van der Waals surface area (Å²) in [5.74, 6) is 0.442. The number of aliphatic hydroxyl groups is 1. The first-order valence-electron chi connectivity index (χ1n) is 5.22. The maximum absolute atomic E-state index is 11.9. The Labute approximate surface area is 96.1 Å². The fraction of sp³-hybridized carbons (Fsp3) is 0.462. The topological polar surface area (TPSA) is 46.5 Å². The van der Waals surface area contributed by atoms with Crippen molar-refractivity contribution in [3.8, 4) is 5.75 Å². The molecule has 0 spiro atoms. The first-order valence-corrected chi connectivity index (χ1v) is 5.22. The molecule has 0 radical (unpaired) electrons. The molecule has 0 saturated heterocycles. The molecule has 1 N–H and O–H groups in total. The van der Waals surface area contributed by atoms with Gasteiger partial charge in [-0.05, 0) is 29.7 Å². The number of Topliss-reactive ketones (excluding diaryl/α,β-unsaturated/α-hetero) is 1. The van der Waals surface area contributed by atoms with E-state index in [4.69, 9.17) is 4.74 Å². The molecular weight excluding hydrogens is 204 g/mol. The van der Waals surface area contributed by atoms with Crippen LogP contribution in [0.2, 0.25) is 0 Å². The van der Waals surface area contributed by atoms with Crippen LogP contribution in [0.15, 0.2) is 24.3 Å². The average molecular weight is 222 g/mol. The predicted molar refractivity (Wildman–Crippen MR) is 62.8 cm³/mol. The van der Waals surface area contributed by atoms with Gasteiger partial charge in [-0.2, -0.15) is 0 Å². The van der Waals surface area contributed by atoms with E-state index >= 15 is 0 Å². The summed E-state index contributed by atoms with van der Waals surface area (Å²) in [5, 5.41) is 9.85. The van der Waals surface area contributed by atoms with Gasteiger partial charge in [0.2, 0.25) is 0 Å². The first kappa shape index (κ1) is 12.7. The van der Waals surface area contributed by atoms with Crippen molar-refractivity contribution >= 4 is 5.78 Å². The van der Waals surface area contributed by atoms with E-state index in [1.54, 1.807) is 31.4 Å². The van der Waals surface area contributed by atoms with E-state index < -0.39 is 11.5 Å². The molecule has 0 aliphatic rings. The molecule has 1 aromatic rings. The highest BCUT2D eigenvalue weighted by Crippen LogP contribution is 2.23. The minimum Gasteiger partial charge on any atom is -0.497 e. The summed E-state index contributed by atoms with van der Waals surface area (Å²) < 4.78 is 5.00. The molecule has 0 saturated carbocycles. The van der Waals surface area contributed by atoms with Crippen LogP contribution in [-0.2, 0) is 0 Å². The molecule has 0 fully saturated rings. The highest BCUT2D eigenvalue weighted by Gasteiger charge is 2.29. The fourth-order valence-electron chi connectivity index (χ4n) is 1.31. The molecule has 3 heteroatoms. The number of hydrogen-bond donors (Lipinski definition) is 1. The number of rotatable bonds is 3. The van der Waals surface area contributed by atoms with Crippen molar-refractivity contribution in [2.75, 3.05) is 7.11 Å². The van der Waals surface area contributed by atoms with Gasteiger partial charge in [-0.25, -0.2) is 0 Å². The number of aliphatic hydroxyl groups excluding tert-OH is 1. The summed E-state index contributed by atoms with van der Waals surface area (Å²) in [6, 6.07) is 6.75. The largest absolute Gasteiger partial charge is 0.497 e. The molecule has 1 unspecified atom stereocenters. The zero-order valence-corrected chi connectivity index (χ0v) is 10.2. The summed E-state index contributed by atoms with van der Waals surface area (Å²) in [5.41, 5.74) is 0.0556. The summed E-state index contributed by atoms with van der Waals surface area (Å²) in [7, 11) is 1.57. The van der Waals surface area contributed by atoms with Crippen LogP contribution in [0.3, 0.4) is 0 Å². The van der Waals surface area contributed by atoms with Crippen molar-refractivity contribution in [1.82, 2.24) is 0 Å². The van der Waals surface area contributed by atoms with Crippen LogP contribution in [0.5, 0.6) is 5.75 Å². The van der Waals surface area contributed by atoms with E-state index in [1.165, 1.54) is 0 Å². The Kier molecular flexibility index (Phi) is 3.70. The molecule has 0 aromatic heterocycles. The van der Waals surface area contributed by atoms with Gasteiger partial charge in [-0.3, -0.25) is 4.79 Å². The van der Waals surface area contributed by atoms with Crippen LogP contribution in [-0.4, -0.2) is 24.1 Å². The number of ketones is 1. The van der Waals surface area contributed by atoms with E-state index in [1.807, 2.05) is 20.8 Å². The molecule has 16 heavy (non-hydrogen) atoms. The number of benzene rings is 1. The number of hydrogen-bond acceptors (Lipinski definition) is 3. The van der Waals surface area contributed by atoms with E-state index in [2.05, 4.69) is 0 Å². The number of carbonyl (C=O) groups is 1. The van der Waals surface area contributed by atoms with Crippen LogP contribution in [0.1, 0.15) is 31.1 Å². The lowest BCUT2D eigenvalue weighted by Crippen LogP contribution is -2.34. The highest BCUT2D eigenvalue weighted by atomic mass is 16.5. The van der Waals surface area contributed by atoms with Gasteiger partial charge in [0.25, 0.3) is 0 Å². The van der Waals surface area contributed by atoms with E-state index in [-0.39, 0.29) is 5.78 Å². The monoisotopic (exact) mass is 222 g/mol. The van der Waals surface area contributed by atoms with Crippen LogP contribution in [0.4, 0.5) is 0 Å². The molecular formula is C13H18O3. The Balaban J connectivity index is 2.88. The maximum atomic E-state index is 11.9. The van der Waals surface area contributed by atoms with Crippen molar-refractivity contribution in [2.24, 2.45) is 5.41 Å². The van der Waals surface area contributed by atoms with Crippen molar-refractivity contribution in [1.29, 1.82) is 0 Å². The Bertz CT molecular complexity index is 360. The zero-order chi connectivity index (χ0) is 12.3. The third-order valence-electron chi connectivity index (χ3n) is 2.44. The first-order chi connectivity index (χ1) is 7.36. The van der Waals surface area contributed by atoms with Gasteiger partial charge in [0.1, 0.15) is 11.9 Å². The highest BCUT2D eigenvalue weighted by molar-refractivity contribution is 5.99. The third kappa shape index (κ3) is 2.83. The smallest absolute Gasteiger partial charge is 0.191 e. The van der Waals surface area contributed by atoms with Crippen LogP contribution < -0.4 is 4.74 Å². The Morgan fingerprint density at radius 3 is 2.12 bits per heavy atom. The Morgan fingerprint density at radius 2 is 1.75 bits per heavy atom. The van der Waals surface area contributed by atoms with Gasteiger partial charge in [0.05, 0.1) is 7.11 Å². The van der Waals surface area contributed by atoms with Crippen molar-refractivity contribution in [3.63, 3.8) is 0 Å². The molecule has 1 aromatic carbocycles. The molecule has 0 bridgehead atoms. The minimum absolute atomic E-state index is 0.254. The van der Waals surface area contributed by atoms with Gasteiger partial charge >= 0.3 is 0 Å². The zero-order valence-electron chi connectivity index (χ0n) is 10.2. The van der Waals surface area contributed by atoms with Gasteiger partial charge in [0.15, 0.2) is 5.78 Å². The predicted octanol–water partition coefficient (Wildman–Crippen LogP) is 2.28. The summed E-state index contributed by atoms with van der Waals surface area (Å²) >= 11 is 0. The molecule has 0 heterocycles. The quantitative estimate of drug-likeness (QED) is 0.798. The standard InChI is InChI=1S/C13H18O3/c1-13(2,3)12(15)11(14)9-5-7-10(16-4)8-6-9/h5-8,12,15H,1-4H3. The molecule has 0 amide bonds. The van der Waals surface area contributed by atoms with Crippen LogP contribution >= 0.6 is 0 Å². The van der Waals surface area contributed by atoms with E-state index in [0.717, 1.165) is 0 Å². The fourth-order valence-corrected chi connectivity index (χ4v) is 1.31. The molecule has 1 atom stereocenters. The lowest BCUT2D eigenvalue weighted by Gasteiger charge is -2.24. The molecule has 1 rings (SSSR count). The van der Waals surface area contributed by atoms with Gasteiger partial charge in [-0.15, -0.1) is 0 Å². The maximum Gasteiger partial charge on any atom is 0.191 e. The number of ether oxygens (including phenoxy) is 1. The van der Waals surface area contributed by atoms with Crippen LogP contribution in [0, 0.1) is 5.41 Å². The number of methoxy groups -OCH3 is 1. The molecule has 88 valence electrons. The second-order valence-corrected chi connectivity index (χ2v) is 4.86. The second kappa shape index (κ2) is 4.66. The molecule has 3 nitrogen and oxygen atoms in total. The Hall–Kier alpha value is -1.35. The summed E-state index contributed by atoms with van der Waals surface area (Å²) in [6.45, 7) is 5.50. The summed E-state index contributed by atoms with van der Waals surface area (Å²) in [6.07, 6.45) is -0.985. The van der Waals surface area contributed by atoms with Gasteiger partial charge < -0.3 is 9.84 Å². The third-order valence-corrected chi connectivity index (χ3v) is 2.44. The van der Waals surface area contributed by atoms with E-state index in [9.17, 15) is 9.90 Å². The second-order valence-electron chi connectivity index (χ2n) is 4.86. The normalized spacial score (nSPS) is 13.3. The minimum atomic E-state index is -0.985. The van der Waals surface area contributed by atoms with Gasteiger partial charge in [0, 0.05) is 5.56 Å². The lowest BCUT2D eigenvalue weighted by molar-refractivity contribution is 0.0442. The van der Waals surface area contributed by atoms with Crippen molar-refractivity contribution < 1.29 is 14.6 Å². The van der Waals surface area contributed by atoms with Crippen molar-refractivity contribution in [3.05, 3.63) is 29.8 Å². The van der Waals surface area contributed by atoms with Crippen molar-refractivity contribution in [2.45, 2.75) is 26.9 Å². The SMILES string of the molecule is COc1ccc(C(=O)C(O)C(C)(C)C)cc1. The number of carbonyl (C=O) groups excluding carboxylic acids is 1. The van der Waals surface area contributed by atoms with Gasteiger partial charge in [-0.1, -0.05) is 20.8 Å². The summed E-state index contributed by atoms with van der Waals surface area (Å²) in [4.78, 5) is 11.9. The lowest BCUT2D eigenvalue weighted by atomic mass is 9.84. The average Bonchev–Trinajstić information content (AvgIpc) is 2.26. The molecule has 0 aliphatic heterocycles. The van der Waals surface area contributed by atoms with Crippen LogP contribution in [0.25, 0.3) is 0 Å². The molecule has 0 aliphatic carbocycles. The Morgan fingerprint density at radius 1 is 1.25 bits per heavy atom. The van der Waals surface area contributed by atoms with E-state index in [0.29, 0.717) is 11.3 Å².